The standard InChI is InChI=1S/C25H30N4O3/c1-3-31-23-20(13-27-24(28-23)32-4-2)25(30)11-10-18-15-29(16-21(18)25)14-17-7-5-9-22-19(17)8-6-12-26-22/h5-9,12-13,18,21,30H,3-4,10-11,14-16H2,1-2H3/t18-,21+,25+/m1/s1. The molecule has 1 aliphatic carbocycles. The lowest BCUT2D eigenvalue weighted by atomic mass is 9.83. The van der Waals surface area contributed by atoms with Crippen LogP contribution in [0.2, 0.25) is 0 Å². The fourth-order valence-electron chi connectivity index (χ4n) is 5.49. The molecule has 3 aromatic rings. The topological polar surface area (TPSA) is 80.6 Å². The molecule has 1 saturated heterocycles. The lowest BCUT2D eigenvalue weighted by molar-refractivity contribution is -0.0101. The van der Waals surface area contributed by atoms with Crippen LogP contribution in [-0.2, 0) is 12.1 Å². The SMILES string of the molecule is CCOc1ncc([C@@]2(O)CC[C@@H]3CN(Cc4cccc5ncccc45)C[C@@H]32)c(OCC)n1. The molecule has 1 aromatic carbocycles. The third-order valence-corrected chi connectivity index (χ3v) is 6.91. The number of fused-ring (bicyclic) bond motifs is 2. The highest BCUT2D eigenvalue weighted by molar-refractivity contribution is 5.81. The third kappa shape index (κ3) is 3.69. The van der Waals surface area contributed by atoms with Crippen molar-refractivity contribution in [2.45, 2.75) is 38.8 Å². The van der Waals surface area contributed by atoms with Crippen molar-refractivity contribution in [1.82, 2.24) is 19.9 Å². The van der Waals surface area contributed by atoms with Gasteiger partial charge < -0.3 is 14.6 Å². The fourth-order valence-corrected chi connectivity index (χ4v) is 5.49. The van der Waals surface area contributed by atoms with Gasteiger partial charge in [-0.25, -0.2) is 4.98 Å². The van der Waals surface area contributed by atoms with Gasteiger partial charge in [0.2, 0.25) is 5.88 Å². The fraction of sp³-hybridized carbons (Fsp3) is 0.480. The summed E-state index contributed by atoms with van der Waals surface area (Å²) in [6, 6.07) is 10.7. The lowest BCUT2D eigenvalue weighted by Gasteiger charge is -2.31. The van der Waals surface area contributed by atoms with Crippen LogP contribution in [0.15, 0.2) is 42.7 Å². The molecule has 0 spiro atoms. The number of ether oxygens (including phenoxy) is 2. The van der Waals surface area contributed by atoms with Crippen LogP contribution >= 0.6 is 0 Å². The first-order valence-corrected chi connectivity index (χ1v) is 11.5. The molecule has 32 heavy (non-hydrogen) atoms. The predicted octanol–water partition coefficient (Wildman–Crippen LogP) is 3.55. The van der Waals surface area contributed by atoms with Gasteiger partial charge in [-0.15, -0.1) is 0 Å². The number of hydrogen-bond acceptors (Lipinski definition) is 7. The molecule has 7 heteroatoms. The Morgan fingerprint density at radius 2 is 1.97 bits per heavy atom. The van der Waals surface area contributed by atoms with Crippen molar-refractivity contribution in [3.63, 3.8) is 0 Å². The summed E-state index contributed by atoms with van der Waals surface area (Å²) >= 11 is 0. The summed E-state index contributed by atoms with van der Waals surface area (Å²) < 4.78 is 11.3. The Bertz CT molecular complexity index is 1100. The Morgan fingerprint density at radius 1 is 1.09 bits per heavy atom. The van der Waals surface area contributed by atoms with Gasteiger partial charge in [-0.1, -0.05) is 18.2 Å². The molecule has 2 aromatic heterocycles. The average molecular weight is 435 g/mol. The summed E-state index contributed by atoms with van der Waals surface area (Å²) in [5.74, 6) is 0.998. The van der Waals surface area contributed by atoms with Crippen LogP contribution in [-0.4, -0.2) is 51.3 Å². The number of aromatic nitrogens is 3. The van der Waals surface area contributed by atoms with E-state index >= 15 is 0 Å². The van der Waals surface area contributed by atoms with Crippen molar-refractivity contribution in [3.05, 3.63) is 53.9 Å². The Kier molecular flexibility index (Phi) is 5.69. The van der Waals surface area contributed by atoms with E-state index in [1.165, 1.54) is 10.9 Å². The highest BCUT2D eigenvalue weighted by Gasteiger charge is 2.54. The Labute approximate surface area is 188 Å². The molecule has 1 aliphatic heterocycles. The summed E-state index contributed by atoms with van der Waals surface area (Å²) in [6.45, 7) is 7.43. The van der Waals surface area contributed by atoms with Gasteiger partial charge in [0.05, 0.1) is 24.3 Å². The molecule has 3 heterocycles. The number of nitrogens with zero attached hydrogens (tertiary/aromatic N) is 4. The van der Waals surface area contributed by atoms with Crippen molar-refractivity contribution < 1.29 is 14.6 Å². The molecule has 2 aliphatic rings. The van der Waals surface area contributed by atoms with Crippen LogP contribution in [0.4, 0.5) is 0 Å². The van der Waals surface area contributed by atoms with E-state index in [2.05, 4.69) is 44.1 Å². The van der Waals surface area contributed by atoms with E-state index in [4.69, 9.17) is 9.47 Å². The second-order valence-corrected chi connectivity index (χ2v) is 8.75. The third-order valence-electron chi connectivity index (χ3n) is 6.91. The second kappa shape index (κ2) is 8.64. The number of rotatable bonds is 7. The summed E-state index contributed by atoms with van der Waals surface area (Å²) in [5, 5.41) is 13.1. The van der Waals surface area contributed by atoms with Crippen LogP contribution in [0, 0.1) is 11.8 Å². The summed E-state index contributed by atoms with van der Waals surface area (Å²) in [7, 11) is 0. The highest BCUT2D eigenvalue weighted by atomic mass is 16.5. The second-order valence-electron chi connectivity index (χ2n) is 8.75. The molecule has 1 saturated carbocycles. The smallest absolute Gasteiger partial charge is 0.319 e. The Hall–Kier alpha value is -2.77. The van der Waals surface area contributed by atoms with E-state index < -0.39 is 5.60 Å². The highest BCUT2D eigenvalue weighted by Crippen LogP contribution is 2.52. The van der Waals surface area contributed by atoms with Crippen molar-refractivity contribution >= 4 is 10.9 Å². The van der Waals surface area contributed by atoms with Crippen LogP contribution in [0.25, 0.3) is 10.9 Å². The van der Waals surface area contributed by atoms with E-state index in [1.807, 2.05) is 26.1 Å². The molecular formula is C25H30N4O3. The number of hydrogen-bond donors (Lipinski definition) is 1. The number of pyridine rings is 1. The molecule has 7 nitrogen and oxygen atoms in total. The zero-order valence-electron chi connectivity index (χ0n) is 18.7. The first kappa shape index (κ1) is 21.1. The first-order valence-electron chi connectivity index (χ1n) is 11.5. The lowest BCUT2D eigenvalue weighted by Crippen LogP contribution is -2.35. The zero-order valence-corrected chi connectivity index (χ0v) is 18.7. The molecule has 2 fully saturated rings. The minimum Gasteiger partial charge on any atom is -0.478 e. The maximum absolute atomic E-state index is 11.9. The van der Waals surface area contributed by atoms with Crippen molar-refractivity contribution in [3.8, 4) is 11.9 Å². The minimum absolute atomic E-state index is 0.122. The summed E-state index contributed by atoms with van der Waals surface area (Å²) in [5.41, 5.74) is 1.99. The van der Waals surface area contributed by atoms with Crippen molar-refractivity contribution in [2.24, 2.45) is 11.8 Å². The van der Waals surface area contributed by atoms with Gasteiger partial charge in [-0.05, 0) is 50.3 Å². The van der Waals surface area contributed by atoms with Gasteiger partial charge in [0.1, 0.15) is 5.60 Å². The van der Waals surface area contributed by atoms with Gasteiger partial charge in [-0.2, -0.15) is 4.98 Å². The molecule has 168 valence electrons. The minimum atomic E-state index is -0.991. The molecule has 3 atom stereocenters. The number of aliphatic hydroxyl groups is 1. The van der Waals surface area contributed by atoms with Crippen LogP contribution < -0.4 is 9.47 Å². The molecular weight excluding hydrogens is 404 g/mol. The zero-order chi connectivity index (χ0) is 22.1. The first-order chi connectivity index (χ1) is 15.6. The number of likely N-dealkylation sites (tertiary alicyclic amines) is 1. The van der Waals surface area contributed by atoms with Crippen molar-refractivity contribution in [1.29, 1.82) is 0 Å². The normalized spacial score (nSPS) is 25.2. The van der Waals surface area contributed by atoms with E-state index in [-0.39, 0.29) is 11.9 Å². The Balaban J connectivity index is 1.39. The molecule has 0 amide bonds. The molecule has 0 unspecified atom stereocenters. The molecule has 0 bridgehead atoms. The monoisotopic (exact) mass is 434 g/mol. The largest absolute Gasteiger partial charge is 0.478 e. The van der Waals surface area contributed by atoms with Gasteiger partial charge >= 0.3 is 6.01 Å². The van der Waals surface area contributed by atoms with Gasteiger partial charge in [0, 0.05) is 43.3 Å². The maximum atomic E-state index is 11.9. The predicted molar refractivity (Wildman–Crippen MR) is 122 cm³/mol. The van der Waals surface area contributed by atoms with E-state index in [0.29, 0.717) is 37.0 Å². The molecule has 1 N–H and O–H groups in total. The summed E-state index contributed by atoms with van der Waals surface area (Å²) in [6.07, 6.45) is 5.21. The number of benzene rings is 1. The van der Waals surface area contributed by atoms with Crippen LogP contribution in [0.3, 0.4) is 0 Å². The van der Waals surface area contributed by atoms with E-state index in [1.54, 1.807) is 6.20 Å². The molecule has 5 rings (SSSR count). The van der Waals surface area contributed by atoms with Gasteiger partial charge in [0.25, 0.3) is 0 Å². The van der Waals surface area contributed by atoms with E-state index in [9.17, 15) is 5.11 Å². The molecule has 0 radical (unpaired) electrons. The quantitative estimate of drug-likeness (QED) is 0.609. The van der Waals surface area contributed by atoms with E-state index in [0.717, 1.165) is 31.6 Å². The average Bonchev–Trinajstić information content (AvgIpc) is 3.35. The van der Waals surface area contributed by atoms with Gasteiger partial charge in [-0.3, -0.25) is 9.88 Å². The van der Waals surface area contributed by atoms with Crippen LogP contribution in [0.1, 0.15) is 37.8 Å². The summed E-state index contributed by atoms with van der Waals surface area (Å²) in [4.78, 5) is 15.7. The van der Waals surface area contributed by atoms with Gasteiger partial charge in [0.15, 0.2) is 0 Å². The van der Waals surface area contributed by atoms with Crippen LogP contribution in [0.5, 0.6) is 11.9 Å². The maximum Gasteiger partial charge on any atom is 0.319 e. The Morgan fingerprint density at radius 3 is 2.81 bits per heavy atom. The van der Waals surface area contributed by atoms with Crippen molar-refractivity contribution in [2.75, 3.05) is 26.3 Å².